The second kappa shape index (κ2) is 9.33. The summed E-state index contributed by atoms with van der Waals surface area (Å²) < 4.78 is 115. The van der Waals surface area contributed by atoms with Crippen molar-refractivity contribution in [3.8, 4) is 17.0 Å². The minimum absolute atomic E-state index is 0.0319. The van der Waals surface area contributed by atoms with Crippen LogP contribution in [0.15, 0.2) is 18.2 Å². The van der Waals surface area contributed by atoms with Crippen LogP contribution in [-0.4, -0.2) is 46.4 Å². The molecule has 33 heavy (non-hydrogen) atoms. The van der Waals surface area contributed by atoms with Crippen molar-refractivity contribution in [3.05, 3.63) is 34.5 Å². The molecular weight excluding hydrogens is 496 g/mol. The summed E-state index contributed by atoms with van der Waals surface area (Å²) in [6.45, 7) is -0.843. The Morgan fingerprint density at radius 1 is 1.15 bits per heavy atom. The van der Waals surface area contributed by atoms with Gasteiger partial charge in [-0.25, -0.2) is 4.79 Å². The fourth-order valence-electron chi connectivity index (χ4n) is 2.88. The molecular formula is C18H15ClF8N2O4. The number of esters is 1. The zero-order valence-corrected chi connectivity index (χ0v) is 17.4. The fourth-order valence-corrected chi connectivity index (χ4v) is 3.19. The minimum Gasteiger partial charge on any atom is -0.461 e. The van der Waals surface area contributed by atoms with Gasteiger partial charge in [-0.15, -0.1) is 0 Å². The van der Waals surface area contributed by atoms with E-state index in [4.69, 9.17) is 16.3 Å². The third-order valence-electron chi connectivity index (χ3n) is 4.35. The molecule has 0 spiro atoms. The van der Waals surface area contributed by atoms with Crippen molar-refractivity contribution in [1.82, 2.24) is 9.78 Å². The van der Waals surface area contributed by atoms with E-state index >= 15 is 0 Å². The SMILES string of the molecule is CCOC(=O)c1nn(CC)c(-c2ccc(C(O)(C(F)(F)F)C(F)(F)F)cc2OC(F)F)c1Cl. The zero-order valence-electron chi connectivity index (χ0n) is 16.7. The second-order valence-corrected chi connectivity index (χ2v) is 6.72. The summed E-state index contributed by atoms with van der Waals surface area (Å²) in [5.74, 6) is -2.19. The van der Waals surface area contributed by atoms with Crippen LogP contribution in [0.3, 0.4) is 0 Å². The lowest BCUT2D eigenvalue weighted by molar-refractivity contribution is -0.376. The predicted octanol–water partition coefficient (Wildman–Crippen LogP) is 5.31. The second-order valence-electron chi connectivity index (χ2n) is 6.34. The fraction of sp³-hybridized carbons (Fsp3) is 0.444. The van der Waals surface area contributed by atoms with E-state index in [2.05, 4.69) is 9.84 Å². The lowest BCUT2D eigenvalue weighted by Gasteiger charge is -2.33. The highest BCUT2D eigenvalue weighted by molar-refractivity contribution is 6.36. The molecule has 0 atom stereocenters. The molecule has 0 radical (unpaired) electrons. The predicted molar refractivity (Wildman–Crippen MR) is 96.9 cm³/mol. The van der Waals surface area contributed by atoms with Crippen LogP contribution in [0.1, 0.15) is 29.9 Å². The molecule has 1 aromatic carbocycles. The Bertz CT molecular complexity index is 1010. The number of benzene rings is 1. The molecule has 2 aromatic rings. The quantitative estimate of drug-likeness (QED) is 0.403. The molecule has 184 valence electrons. The average molecular weight is 511 g/mol. The number of nitrogens with zero attached hydrogens (tertiary/aromatic N) is 2. The average Bonchev–Trinajstić information content (AvgIpc) is 3.01. The van der Waals surface area contributed by atoms with Gasteiger partial charge in [-0.3, -0.25) is 4.68 Å². The Kier molecular flexibility index (Phi) is 7.53. The van der Waals surface area contributed by atoms with E-state index in [1.165, 1.54) is 13.8 Å². The highest BCUT2D eigenvalue weighted by Gasteiger charge is 2.71. The minimum atomic E-state index is -6.26. The molecule has 0 aliphatic rings. The van der Waals surface area contributed by atoms with Crippen LogP contribution < -0.4 is 4.74 Å². The van der Waals surface area contributed by atoms with Gasteiger partial charge >= 0.3 is 24.9 Å². The molecule has 0 aliphatic carbocycles. The van der Waals surface area contributed by atoms with Crippen molar-refractivity contribution in [2.75, 3.05) is 6.61 Å². The first kappa shape index (κ1) is 26.6. The summed E-state index contributed by atoms with van der Waals surface area (Å²) in [5.41, 5.74) is -8.51. The van der Waals surface area contributed by atoms with Gasteiger partial charge in [0.25, 0.3) is 5.60 Å². The van der Waals surface area contributed by atoms with Gasteiger partial charge in [-0.05, 0) is 26.0 Å². The molecule has 0 saturated heterocycles. The van der Waals surface area contributed by atoms with Crippen LogP contribution in [0.25, 0.3) is 11.3 Å². The topological polar surface area (TPSA) is 73.6 Å². The van der Waals surface area contributed by atoms with Crippen LogP contribution in [-0.2, 0) is 16.9 Å². The van der Waals surface area contributed by atoms with Crippen molar-refractivity contribution >= 4 is 17.6 Å². The number of alkyl halides is 8. The first-order valence-corrected chi connectivity index (χ1v) is 9.36. The van der Waals surface area contributed by atoms with Gasteiger partial charge < -0.3 is 14.6 Å². The summed E-state index contributed by atoms with van der Waals surface area (Å²) in [6, 6.07) is 0.747. The Labute approximate surface area is 185 Å². The Morgan fingerprint density at radius 3 is 2.18 bits per heavy atom. The molecule has 1 N–H and O–H groups in total. The van der Waals surface area contributed by atoms with Gasteiger partial charge in [0.1, 0.15) is 10.8 Å². The number of hydrogen-bond donors (Lipinski definition) is 1. The van der Waals surface area contributed by atoms with Crippen molar-refractivity contribution < 1.29 is 54.5 Å². The number of aryl methyl sites for hydroxylation is 1. The third-order valence-corrected chi connectivity index (χ3v) is 4.71. The van der Waals surface area contributed by atoms with E-state index in [1.807, 2.05) is 0 Å². The molecule has 0 amide bonds. The Balaban J connectivity index is 2.81. The molecule has 1 heterocycles. The van der Waals surface area contributed by atoms with E-state index in [0.29, 0.717) is 6.07 Å². The maximum atomic E-state index is 13.2. The van der Waals surface area contributed by atoms with Crippen molar-refractivity contribution in [3.63, 3.8) is 0 Å². The summed E-state index contributed by atoms with van der Waals surface area (Å²) in [6.07, 6.45) is -12.5. The number of aliphatic hydroxyl groups is 1. The van der Waals surface area contributed by atoms with Crippen LogP contribution >= 0.6 is 11.6 Å². The Hall–Kier alpha value is -2.61. The summed E-state index contributed by atoms with van der Waals surface area (Å²) in [7, 11) is 0. The van der Waals surface area contributed by atoms with E-state index in [1.54, 1.807) is 0 Å². The number of halogens is 9. The van der Waals surface area contributed by atoms with Gasteiger partial charge in [0.2, 0.25) is 0 Å². The maximum absolute atomic E-state index is 13.2. The van der Waals surface area contributed by atoms with Gasteiger partial charge in [-0.1, -0.05) is 17.7 Å². The number of carbonyl (C=O) groups excluding carboxylic acids is 1. The number of rotatable bonds is 7. The molecule has 0 fully saturated rings. The molecule has 0 saturated carbocycles. The van der Waals surface area contributed by atoms with E-state index in [-0.39, 0.29) is 31.0 Å². The van der Waals surface area contributed by atoms with Crippen LogP contribution in [0.4, 0.5) is 35.1 Å². The van der Waals surface area contributed by atoms with E-state index in [9.17, 15) is 45.0 Å². The van der Waals surface area contributed by atoms with E-state index < -0.39 is 58.1 Å². The molecule has 1 aromatic heterocycles. The first-order valence-electron chi connectivity index (χ1n) is 8.99. The Morgan fingerprint density at radius 2 is 1.73 bits per heavy atom. The first-order chi connectivity index (χ1) is 15.1. The lowest BCUT2D eigenvalue weighted by Crippen LogP contribution is -2.53. The van der Waals surface area contributed by atoms with Crippen LogP contribution in [0.2, 0.25) is 5.02 Å². The van der Waals surface area contributed by atoms with Crippen molar-refractivity contribution in [2.24, 2.45) is 0 Å². The number of aromatic nitrogens is 2. The van der Waals surface area contributed by atoms with Crippen LogP contribution in [0.5, 0.6) is 5.75 Å². The molecule has 0 unspecified atom stereocenters. The maximum Gasteiger partial charge on any atom is 0.430 e. The number of ether oxygens (including phenoxy) is 2. The van der Waals surface area contributed by atoms with Crippen molar-refractivity contribution in [1.29, 1.82) is 0 Å². The summed E-state index contributed by atoms with van der Waals surface area (Å²) in [5, 5.41) is 13.0. The largest absolute Gasteiger partial charge is 0.461 e. The molecule has 0 aliphatic heterocycles. The van der Waals surface area contributed by atoms with Gasteiger partial charge in [-0.2, -0.15) is 40.2 Å². The summed E-state index contributed by atoms with van der Waals surface area (Å²) >= 11 is 6.12. The van der Waals surface area contributed by atoms with Gasteiger partial charge in [0.05, 0.1) is 12.3 Å². The standard InChI is InChI=1S/C18H15ClF8N2O4/c1-3-29-13(11(19)12(28-29)14(30)32-4-2)9-6-5-8(7-10(9)33-15(20)21)16(31,17(22,23)24)18(25,26)27/h5-7,15,31H,3-4H2,1-2H3. The smallest absolute Gasteiger partial charge is 0.430 e. The lowest BCUT2D eigenvalue weighted by atomic mass is 9.90. The highest BCUT2D eigenvalue weighted by atomic mass is 35.5. The number of hydrogen-bond acceptors (Lipinski definition) is 5. The molecule has 6 nitrogen and oxygen atoms in total. The zero-order chi connectivity index (χ0) is 25.4. The monoisotopic (exact) mass is 510 g/mol. The van der Waals surface area contributed by atoms with Gasteiger partial charge in [0.15, 0.2) is 5.69 Å². The molecule has 15 heteroatoms. The highest BCUT2D eigenvalue weighted by Crippen LogP contribution is 2.51. The normalized spacial score (nSPS) is 12.9. The molecule has 2 rings (SSSR count). The van der Waals surface area contributed by atoms with E-state index in [0.717, 1.165) is 4.68 Å². The third kappa shape index (κ3) is 4.86. The molecule has 0 bridgehead atoms. The van der Waals surface area contributed by atoms with Crippen molar-refractivity contribution in [2.45, 2.75) is 45.0 Å². The van der Waals surface area contributed by atoms with Crippen LogP contribution in [0, 0.1) is 0 Å². The van der Waals surface area contributed by atoms with Gasteiger partial charge in [0, 0.05) is 17.7 Å². The summed E-state index contributed by atoms with van der Waals surface area (Å²) in [4.78, 5) is 12.0. The number of carbonyl (C=O) groups is 1.